The Kier molecular flexibility index (Phi) is 8.88. The first-order valence-electron chi connectivity index (χ1n) is 13.0. The van der Waals surface area contributed by atoms with Crippen LogP contribution in [0.1, 0.15) is 30.4 Å². The third kappa shape index (κ3) is 6.57. The van der Waals surface area contributed by atoms with E-state index in [9.17, 15) is 18.0 Å². The predicted octanol–water partition coefficient (Wildman–Crippen LogP) is 6.81. The minimum absolute atomic E-state index is 0.0153. The van der Waals surface area contributed by atoms with E-state index in [0.717, 1.165) is 41.7 Å². The van der Waals surface area contributed by atoms with Gasteiger partial charge in [-0.3, -0.25) is 4.79 Å². The van der Waals surface area contributed by atoms with Crippen LogP contribution < -0.4 is 14.8 Å². The molecule has 0 bridgehead atoms. The molecule has 1 N–H and O–H groups in total. The largest absolute Gasteiger partial charge is 0.490 e. The lowest BCUT2D eigenvalue weighted by Crippen LogP contribution is -2.39. The molecule has 3 aromatic rings. The summed E-state index contributed by atoms with van der Waals surface area (Å²) in [5, 5.41) is 4.25. The number of amides is 1. The second kappa shape index (κ2) is 12.5. The van der Waals surface area contributed by atoms with Gasteiger partial charge in [-0.25, -0.2) is 13.2 Å². The number of ether oxygens (including phenoxy) is 2. The van der Waals surface area contributed by atoms with Crippen molar-refractivity contribution in [1.29, 1.82) is 0 Å². The number of carbonyl (C=O) groups excluding carboxylic acids is 1. The zero-order chi connectivity index (χ0) is 28.2. The van der Waals surface area contributed by atoms with Crippen molar-refractivity contribution in [3.8, 4) is 11.5 Å². The lowest BCUT2D eigenvalue weighted by atomic mass is 9.93. The molecule has 0 atom stereocenters. The minimum atomic E-state index is -1.11. The van der Waals surface area contributed by atoms with Crippen molar-refractivity contribution in [3.63, 3.8) is 0 Å². The maximum absolute atomic E-state index is 13.8. The van der Waals surface area contributed by atoms with Crippen molar-refractivity contribution in [2.75, 3.05) is 26.3 Å². The van der Waals surface area contributed by atoms with Gasteiger partial charge in [0.2, 0.25) is 0 Å². The molecule has 1 heterocycles. The Balaban J connectivity index is 1.26. The average Bonchev–Trinajstić information content (AvgIpc) is 3.78. The number of rotatable bonds is 10. The van der Waals surface area contributed by atoms with Crippen LogP contribution in [0, 0.1) is 17.5 Å². The number of hydrogen-bond donors (Lipinski definition) is 1. The first-order valence-corrected chi connectivity index (χ1v) is 13.7. The molecule has 40 heavy (non-hydrogen) atoms. The average molecular weight is 591 g/mol. The quantitative estimate of drug-likeness (QED) is 0.264. The summed E-state index contributed by atoms with van der Waals surface area (Å²) in [7, 11) is 0. The molecule has 0 radical (unpaired) electrons. The monoisotopic (exact) mass is 590 g/mol. The molecule has 5 rings (SSSR count). The van der Waals surface area contributed by atoms with Crippen LogP contribution in [-0.2, 0) is 11.3 Å². The minimum Gasteiger partial charge on any atom is -0.490 e. The van der Waals surface area contributed by atoms with Gasteiger partial charge in [0.15, 0.2) is 17.4 Å². The highest BCUT2D eigenvalue weighted by atomic mass is 35.5. The van der Waals surface area contributed by atoms with Crippen molar-refractivity contribution < 1.29 is 27.4 Å². The Labute approximate surface area is 240 Å². The third-order valence-electron chi connectivity index (χ3n) is 6.86. The predicted molar refractivity (Wildman–Crippen MR) is 148 cm³/mol. The molecule has 10 heteroatoms. The summed E-state index contributed by atoms with van der Waals surface area (Å²) in [6.45, 7) is 1.49. The zero-order valence-electron chi connectivity index (χ0n) is 21.5. The molecule has 210 valence electrons. The molecule has 1 saturated carbocycles. The summed E-state index contributed by atoms with van der Waals surface area (Å²) in [4.78, 5) is 15.7. The number of halogens is 5. The van der Waals surface area contributed by atoms with E-state index in [-0.39, 0.29) is 25.2 Å². The fourth-order valence-electron chi connectivity index (χ4n) is 4.71. The van der Waals surface area contributed by atoms with E-state index >= 15 is 0 Å². The molecular weight excluding hydrogens is 564 g/mol. The fourth-order valence-corrected chi connectivity index (χ4v) is 5.09. The summed E-state index contributed by atoms with van der Waals surface area (Å²) in [6.07, 6.45) is 2.60. The van der Waals surface area contributed by atoms with Gasteiger partial charge in [-0.15, -0.1) is 0 Å². The van der Waals surface area contributed by atoms with Crippen LogP contribution in [0.15, 0.2) is 60.2 Å². The molecule has 0 spiro atoms. The van der Waals surface area contributed by atoms with Gasteiger partial charge in [-0.05, 0) is 60.7 Å². The van der Waals surface area contributed by atoms with E-state index in [2.05, 4.69) is 5.32 Å². The molecule has 5 nitrogen and oxygen atoms in total. The van der Waals surface area contributed by atoms with E-state index in [1.54, 1.807) is 18.2 Å². The second-order valence-corrected chi connectivity index (χ2v) is 10.5. The SMILES string of the molecule is O=C(C1=C(c2ccc(OCCOc3c(F)cc(F)cc3F)cc2)CCNC1)N(Cc1cccc(Cl)c1Cl)C1CC1. The molecule has 2 aliphatic rings. The Hall–Kier alpha value is -3.20. The maximum atomic E-state index is 13.8. The standard InChI is InChI=1S/C30H27Cl2F3N2O3/c31-25-3-1-2-19(28(25)32)17-37(21-6-7-21)30(38)24-16-36-11-10-23(24)18-4-8-22(9-5-18)39-12-13-40-29-26(34)14-20(33)15-27(29)35/h1-5,8-9,14-15,21,36H,6-7,10-13,16-17H2. The smallest absolute Gasteiger partial charge is 0.251 e. The lowest BCUT2D eigenvalue weighted by Gasteiger charge is -2.28. The number of nitrogens with zero attached hydrogens (tertiary/aromatic N) is 1. The Morgan fingerprint density at radius 3 is 2.38 bits per heavy atom. The van der Waals surface area contributed by atoms with Crippen molar-refractivity contribution in [1.82, 2.24) is 10.2 Å². The highest BCUT2D eigenvalue weighted by Gasteiger charge is 2.35. The van der Waals surface area contributed by atoms with Crippen molar-refractivity contribution in [2.24, 2.45) is 0 Å². The summed E-state index contributed by atoms with van der Waals surface area (Å²) >= 11 is 12.6. The van der Waals surface area contributed by atoms with Gasteiger partial charge in [-0.2, -0.15) is 0 Å². The fraction of sp³-hybridized carbons (Fsp3) is 0.300. The van der Waals surface area contributed by atoms with Crippen LogP contribution in [0.25, 0.3) is 5.57 Å². The number of carbonyl (C=O) groups is 1. The Morgan fingerprint density at radius 1 is 0.975 bits per heavy atom. The van der Waals surface area contributed by atoms with E-state index in [4.69, 9.17) is 32.7 Å². The molecule has 1 fully saturated rings. The number of nitrogens with one attached hydrogen (secondary N) is 1. The Bertz CT molecular complexity index is 1410. The van der Waals surface area contributed by atoms with Crippen LogP contribution in [0.3, 0.4) is 0 Å². The maximum Gasteiger partial charge on any atom is 0.251 e. The topological polar surface area (TPSA) is 50.8 Å². The highest BCUT2D eigenvalue weighted by molar-refractivity contribution is 6.42. The van der Waals surface area contributed by atoms with Gasteiger partial charge >= 0.3 is 0 Å². The van der Waals surface area contributed by atoms with Crippen molar-refractivity contribution in [2.45, 2.75) is 31.8 Å². The van der Waals surface area contributed by atoms with Crippen LogP contribution in [-0.4, -0.2) is 43.2 Å². The highest BCUT2D eigenvalue weighted by Crippen LogP contribution is 2.35. The third-order valence-corrected chi connectivity index (χ3v) is 7.72. The second-order valence-electron chi connectivity index (χ2n) is 9.68. The Morgan fingerprint density at radius 2 is 1.68 bits per heavy atom. The molecule has 1 aliphatic carbocycles. The first-order chi connectivity index (χ1) is 19.3. The molecule has 1 amide bonds. The number of benzene rings is 3. The zero-order valence-corrected chi connectivity index (χ0v) is 23.0. The lowest BCUT2D eigenvalue weighted by molar-refractivity contribution is -0.128. The summed E-state index contributed by atoms with van der Waals surface area (Å²) in [5.41, 5.74) is 3.43. The van der Waals surface area contributed by atoms with E-state index in [1.165, 1.54) is 0 Å². The van der Waals surface area contributed by atoms with E-state index in [1.807, 2.05) is 29.2 Å². The van der Waals surface area contributed by atoms with Crippen LogP contribution in [0.2, 0.25) is 10.0 Å². The first kappa shape index (κ1) is 28.3. The summed E-state index contributed by atoms with van der Waals surface area (Å²) < 4.78 is 51.2. The molecule has 3 aromatic carbocycles. The van der Waals surface area contributed by atoms with E-state index in [0.29, 0.717) is 47.4 Å². The van der Waals surface area contributed by atoms with Gasteiger partial charge in [-0.1, -0.05) is 47.5 Å². The normalized spacial score (nSPS) is 15.2. The van der Waals surface area contributed by atoms with Crippen LogP contribution in [0.4, 0.5) is 13.2 Å². The van der Waals surface area contributed by atoms with Gasteiger partial charge < -0.3 is 19.7 Å². The molecule has 0 unspecified atom stereocenters. The van der Waals surface area contributed by atoms with Gasteiger partial charge in [0.25, 0.3) is 5.91 Å². The molecule has 0 saturated heterocycles. The van der Waals surface area contributed by atoms with Gasteiger partial charge in [0.05, 0.1) is 10.0 Å². The summed E-state index contributed by atoms with van der Waals surface area (Å²) in [5.74, 6) is -3.37. The van der Waals surface area contributed by atoms with Crippen molar-refractivity contribution in [3.05, 3.63) is 98.8 Å². The number of hydrogen-bond acceptors (Lipinski definition) is 4. The molecular formula is C30H27Cl2F3N2O3. The van der Waals surface area contributed by atoms with Crippen molar-refractivity contribution >= 4 is 34.7 Å². The van der Waals surface area contributed by atoms with Crippen LogP contribution in [0.5, 0.6) is 11.5 Å². The summed E-state index contributed by atoms with van der Waals surface area (Å²) in [6, 6.07) is 14.1. The van der Waals surface area contributed by atoms with Crippen LogP contribution >= 0.6 is 23.2 Å². The van der Waals surface area contributed by atoms with Gasteiger partial charge in [0, 0.05) is 36.8 Å². The van der Waals surface area contributed by atoms with E-state index < -0.39 is 23.2 Å². The van der Waals surface area contributed by atoms with Gasteiger partial charge in [0.1, 0.15) is 24.8 Å². The molecule has 0 aromatic heterocycles. The molecule has 1 aliphatic heterocycles.